The van der Waals surface area contributed by atoms with Crippen LogP contribution in [0.1, 0.15) is 105 Å². The van der Waals surface area contributed by atoms with E-state index in [2.05, 4.69) is 71.1 Å². The van der Waals surface area contributed by atoms with E-state index < -0.39 is 22.4 Å². The van der Waals surface area contributed by atoms with Gasteiger partial charge in [-0.05, 0) is 146 Å². The highest BCUT2D eigenvalue weighted by molar-refractivity contribution is 7.83. The number of allylic oxidation sites excluding steroid dienone is 3. The molecule has 0 amide bonds. The zero-order valence-corrected chi connectivity index (χ0v) is 27.8. The second kappa shape index (κ2) is 9.89. The van der Waals surface area contributed by atoms with Crippen LogP contribution >= 0.6 is 0 Å². The molecule has 230 valence electrons. The van der Waals surface area contributed by atoms with Gasteiger partial charge in [-0.3, -0.25) is 4.79 Å². The predicted octanol–water partition coefficient (Wildman–Crippen LogP) is 8.66. The summed E-state index contributed by atoms with van der Waals surface area (Å²) in [6, 6.07) is 8.32. The van der Waals surface area contributed by atoms with Crippen LogP contribution in [0.15, 0.2) is 47.4 Å². The molecule has 2 N–H and O–H groups in total. The van der Waals surface area contributed by atoms with Crippen molar-refractivity contribution in [2.45, 2.75) is 104 Å². The van der Waals surface area contributed by atoms with Crippen molar-refractivity contribution in [3.05, 3.63) is 48.1 Å². The lowest BCUT2D eigenvalue weighted by Gasteiger charge is -2.72. The molecule has 5 aliphatic carbocycles. The summed E-state index contributed by atoms with van der Waals surface area (Å²) in [6.07, 6.45) is 12.1. The van der Waals surface area contributed by atoms with Gasteiger partial charge in [0, 0.05) is 0 Å². The Bertz CT molecular complexity index is 1360. The van der Waals surface area contributed by atoms with Crippen LogP contribution in [0.2, 0.25) is 0 Å². The van der Waals surface area contributed by atoms with Crippen LogP contribution in [0.4, 0.5) is 0 Å². The Labute approximate surface area is 256 Å². The van der Waals surface area contributed by atoms with Gasteiger partial charge in [0.2, 0.25) is 0 Å². The topological polar surface area (TPSA) is 66.4 Å². The largest absolute Gasteiger partial charge is 0.481 e. The Morgan fingerprint density at radius 3 is 2.38 bits per heavy atom. The molecule has 0 spiro atoms. The van der Waals surface area contributed by atoms with Crippen LogP contribution in [0.5, 0.6) is 0 Å². The van der Waals surface area contributed by atoms with Gasteiger partial charge in [0.25, 0.3) is 0 Å². The van der Waals surface area contributed by atoms with Gasteiger partial charge in [-0.1, -0.05) is 65.0 Å². The number of hydrogen-bond acceptors (Lipinski definition) is 2. The van der Waals surface area contributed by atoms with Crippen molar-refractivity contribution in [3.63, 3.8) is 0 Å². The average Bonchev–Trinajstić information content (AvgIpc) is 3.34. The van der Waals surface area contributed by atoms with Crippen LogP contribution in [0.3, 0.4) is 0 Å². The Kier molecular flexibility index (Phi) is 7.14. The minimum atomic E-state index is -1.20. The van der Waals surface area contributed by atoms with Crippen LogP contribution in [-0.2, 0) is 15.8 Å². The van der Waals surface area contributed by atoms with Crippen LogP contribution in [-0.4, -0.2) is 22.3 Å². The smallest absolute Gasteiger partial charge is 0.309 e. The summed E-state index contributed by atoms with van der Waals surface area (Å²) in [5, 5.41) is 10.6. The number of rotatable bonds is 5. The average molecular weight is 592 g/mol. The molecule has 1 aromatic rings. The maximum Gasteiger partial charge on any atom is 0.309 e. The first-order valence-corrected chi connectivity index (χ1v) is 17.6. The van der Waals surface area contributed by atoms with Gasteiger partial charge in [0.15, 0.2) is 0 Å². The zero-order valence-electron chi connectivity index (χ0n) is 27.0. The summed E-state index contributed by atoms with van der Waals surface area (Å²) >= 11 is 0. The SMILES string of the molecule is C=C(C)[C@@H]1CC[C@]2(C(=O)O)CC[C@]3(C)[C@H](CC[C@@H]4[C@@]5(C)CC=C(c6cccc(S(=O)NC)c6)C(C)(C)[C@@H]5CC[C@]43C)C12. The number of fused-ring (bicyclic) bond motifs is 7. The van der Waals surface area contributed by atoms with Crippen molar-refractivity contribution in [3.8, 4) is 0 Å². The molecule has 5 heteroatoms. The van der Waals surface area contributed by atoms with E-state index >= 15 is 0 Å². The third-order valence-corrected chi connectivity index (χ3v) is 15.7. The molecule has 0 heterocycles. The third kappa shape index (κ3) is 3.87. The second-order valence-electron chi connectivity index (χ2n) is 16.2. The summed E-state index contributed by atoms with van der Waals surface area (Å²) in [6.45, 7) is 19.2. The number of aliphatic carboxylic acids is 1. The monoisotopic (exact) mass is 591 g/mol. The van der Waals surface area contributed by atoms with E-state index in [9.17, 15) is 14.1 Å². The standard InChI is InChI=1S/C37H53NO3S/c1-23(2)26-14-19-37(32(39)40)21-20-35(6)28(31(26)37)12-13-30-34(5)17-15-27(24-10-9-11-25(22-24)42(41)38-8)33(3,4)29(34)16-18-36(30,35)7/h9-11,15,22,26,28-31,38H,1,12-14,16-21H2,2-8H3,(H,39,40)/t26-,28+,29-,30+,31?,34-,35+,36+,37-,42?/m0/s1. The quantitative estimate of drug-likeness (QED) is 0.337. The van der Waals surface area contributed by atoms with Crippen molar-refractivity contribution >= 4 is 22.5 Å². The highest BCUT2D eigenvalue weighted by atomic mass is 32.2. The Morgan fingerprint density at radius 2 is 1.71 bits per heavy atom. The second-order valence-corrected chi connectivity index (χ2v) is 17.6. The lowest BCUT2D eigenvalue weighted by molar-refractivity contribution is -0.227. The molecule has 0 radical (unpaired) electrons. The van der Waals surface area contributed by atoms with Gasteiger partial charge in [0.05, 0.1) is 10.3 Å². The minimum Gasteiger partial charge on any atom is -0.481 e. The number of hydrogen-bond donors (Lipinski definition) is 2. The minimum absolute atomic E-state index is 0.00731. The Balaban J connectivity index is 1.38. The Morgan fingerprint density at radius 1 is 0.976 bits per heavy atom. The fourth-order valence-electron chi connectivity index (χ4n) is 12.5. The molecule has 5 aliphatic rings. The number of benzene rings is 1. The zero-order chi connectivity index (χ0) is 30.5. The normalized spacial score (nSPS) is 44.5. The van der Waals surface area contributed by atoms with E-state index in [1.165, 1.54) is 36.0 Å². The molecular formula is C37H53NO3S. The summed E-state index contributed by atoms with van der Waals surface area (Å²) in [5.41, 5.74) is 3.79. The first-order valence-electron chi connectivity index (χ1n) is 16.5. The molecule has 4 nitrogen and oxygen atoms in total. The first kappa shape index (κ1) is 30.3. The van der Waals surface area contributed by atoms with Gasteiger partial charge in [-0.2, -0.15) is 0 Å². The van der Waals surface area contributed by atoms with Crippen LogP contribution in [0, 0.1) is 56.7 Å². The summed E-state index contributed by atoms with van der Waals surface area (Å²) in [4.78, 5) is 13.8. The third-order valence-electron chi connectivity index (χ3n) is 14.6. The van der Waals surface area contributed by atoms with Crippen LogP contribution < -0.4 is 4.72 Å². The summed E-state index contributed by atoms with van der Waals surface area (Å²) in [7, 11) is 0.542. The van der Waals surface area contributed by atoms with Crippen LogP contribution in [0.25, 0.3) is 5.57 Å². The number of nitrogens with one attached hydrogen (secondary N) is 1. The molecular weight excluding hydrogens is 538 g/mol. The van der Waals surface area contributed by atoms with Crippen molar-refractivity contribution in [2.75, 3.05) is 7.05 Å². The fourth-order valence-corrected chi connectivity index (χ4v) is 13.2. The van der Waals surface area contributed by atoms with Crippen molar-refractivity contribution in [1.29, 1.82) is 0 Å². The molecule has 6 rings (SSSR count). The maximum absolute atomic E-state index is 12.9. The van der Waals surface area contributed by atoms with E-state index in [0.717, 1.165) is 43.4 Å². The van der Waals surface area contributed by atoms with Crippen molar-refractivity contribution in [2.24, 2.45) is 56.7 Å². The first-order chi connectivity index (χ1) is 19.7. The Hall–Kier alpha value is -1.72. The van der Waals surface area contributed by atoms with Crippen molar-refractivity contribution < 1.29 is 14.1 Å². The highest BCUT2D eigenvalue weighted by Gasteiger charge is 2.71. The predicted molar refractivity (Wildman–Crippen MR) is 172 cm³/mol. The molecule has 4 saturated carbocycles. The fraction of sp³-hybridized carbons (Fsp3) is 0.703. The van der Waals surface area contributed by atoms with E-state index in [1.807, 2.05) is 12.1 Å². The molecule has 2 unspecified atom stereocenters. The lowest BCUT2D eigenvalue weighted by atomic mass is 9.32. The molecule has 10 atom stereocenters. The molecule has 0 aliphatic heterocycles. The van der Waals surface area contributed by atoms with Gasteiger partial charge in [-0.25, -0.2) is 8.93 Å². The molecule has 0 bridgehead atoms. The lowest BCUT2D eigenvalue weighted by Crippen LogP contribution is -2.65. The maximum atomic E-state index is 12.9. The van der Waals surface area contributed by atoms with E-state index in [4.69, 9.17) is 0 Å². The highest BCUT2D eigenvalue weighted by Crippen LogP contribution is 2.77. The molecule has 0 saturated heterocycles. The van der Waals surface area contributed by atoms with Gasteiger partial charge in [-0.15, -0.1) is 0 Å². The van der Waals surface area contributed by atoms with Crippen molar-refractivity contribution in [1.82, 2.24) is 4.72 Å². The number of carboxylic acids is 1. The number of carbonyl (C=O) groups is 1. The van der Waals surface area contributed by atoms with Gasteiger partial charge in [0.1, 0.15) is 11.0 Å². The molecule has 0 aromatic heterocycles. The summed E-state index contributed by atoms with van der Waals surface area (Å²) in [5.74, 6) is 1.65. The van der Waals surface area contributed by atoms with E-state index in [-0.39, 0.29) is 27.6 Å². The number of carboxylic acid groups (broad SMARTS) is 1. The van der Waals surface area contributed by atoms with E-state index in [0.29, 0.717) is 23.7 Å². The molecule has 42 heavy (non-hydrogen) atoms. The molecule has 1 aromatic carbocycles. The van der Waals surface area contributed by atoms with E-state index in [1.54, 1.807) is 7.05 Å². The van der Waals surface area contributed by atoms with Gasteiger partial charge >= 0.3 is 5.97 Å². The van der Waals surface area contributed by atoms with Gasteiger partial charge < -0.3 is 5.11 Å². The molecule has 4 fully saturated rings. The summed E-state index contributed by atoms with van der Waals surface area (Å²) < 4.78 is 15.4.